The third-order valence-electron chi connectivity index (χ3n) is 3.07. The van der Waals surface area contributed by atoms with E-state index >= 15 is 0 Å². The van der Waals surface area contributed by atoms with Crippen LogP contribution in [0.3, 0.4) is 0 Å². The molecule has 0 bridgehead atoms. The molecule has 0 N–H and O–H groups in total. The highest BCUT2D eigenvalue weighted by molar-refractivity contribution is 5.82. The summed E-state index contributed by atoms with van der Waals surface area (Å²) >= 11 is 0. The van der Waals surface area contributed by atoms with Crippen LogP contribution in [-0.4, -0.2) is 0 Å². The number of allylic oxidation sites excluding steroid dienone is 2. The summed E-state index contributed by atoms with van der Waals surface area (Å²) in [6.45, 7) is 8.00. The lowest BCUT2D eigenvalue weighted by atomic mass is 10.0. The largest absolute Gasteiger partial charge is 0.0844 e. The first-order valence-corrected chi connectivity index (χ1v) is 7.78. The van der Waals surface area contributed by atoms with Crippen molar-refractivity contribution in [2.75, 3.05) is 0 Å². The average Bonchev–Trinajstić information content (AvgIpc) is 2.51. The molecule has 20 heavy (non-hydrogen) atoms. The van der Waals surface area contributed by atoms with Crippen molar-refractivity contribution in [2.24, 2.45) is 0 Å². The summed E-state index contributed by atoms with van der Waals surface area (Å²) in [5, 5.41) is 5.39. The number of benzene rings is 2. The molecule has 1 aliphatic carbocycles. The SMILES string of the molecule is C1=C\C/C=c2/cc3ccccc3c/c2=C/C/1.CC.CC. The summed E-state index contributed by atoms with van der Waals surface area (Å²) in [6, 6.07) is 13.1. The molecule has 0 nitrogen and oxygen atoms in total. The summed E-state index contributed by atoms with van der Waals surface area (Å²) < 4.78 is 0. The smallest absolute Gasteiger partial charge is 0.0160 e. The van der Waals surface area contributed by atoms with Crippen LogP contribution >= 0.6 is 0 Å². The minimum atomic E-state index is 1.04. The molecule has 3 rings (SSSR count). The monoisotopic (exact) mass is 266 g/mol. The minimum absolute atomic E-state index is 1.04. The van der Waals surface area contributed by atoms with Crippen LogP contribution in [-0.2, 0) is 0 Å². The van der Waals surface area contributed by atoms with E-state index < -0.39 is 0 Å². The molecular weight excluding hydrogens is 240 g/mol. The van der Waals surface area contributed by atoms with E-state index in [9.17, 15) is 0 Å². The zero-order valence-corrected chi connectivity index (χ0v) is 13.2. The van der Waals surface area contributed by atoms with Crippen LogP contribution in [0.15, 0.2) is 48.6 Å². The first-order valence-electron chi connectivity index (χ1n) is 7.78. The van der Waals surface area contributed by atoms with Crippen molar-refractivity contribution in [3.05, 3.63) is 59.0 Å². The van der Waals surface area contributed by atoms with E-state index in [0.717, 1.165) is 12.8 Å². The van der Waals surface area contributed by atoms with E-state index in [4.69, 9.17) is 0 Å². The molecule has 0 atom stereocenters. The van der Waals surface area contributed by atoms with Gasteiger partial charge >= 0.3 is 0 Å². The van der Waals surface area contributed by atoms with Gasteiger partial charge in [0.15, 0.2) is 0 Å². The fraction of sp³-hybridized carbons (Fsp3) is 0.300. The quantitative estimate of drug-likeness (QED) is 0.601. The van der Waals surface area contributed by atoms with E-state index in [1.165, 1.54) is 21.2 Å². The maximum atomic E-state index is 2.30. The van der Waals surface area contributed by atoms with Gasteiger partial charge in [0.05, 0.1) is 0 Å². The molecule has 0 aromatic heterocycles. The number of hydrogen-bond donors (Lipinski definition) is 0. The Labute approximate surface area is 123 Å². The molecule has 0 aliphatic heterocycles. The normalized spacial score (nSPS) is 17.2. The van der Waals surface area contributed by atoms with Crippen LogP contribution in [0, 0.1) is 0 Å². The van der Waals surface area contributed by atoms with Crippen LogP contribution < -0.4 is 10.4 Å². The van der Waals surface area contributed by atoms with Gasteiger partial charge < -0.3 is 0 Å². The van der Waals surface area contributed by atoms with Gasteiger partial charge in [-0.3, -0.25) is 0 Å². The van der Waals surface area contributed by atoms with E-state index in [-0.39, 0.29) is 0 Å². The lowest BCUT2D eigenvalue weighted by Crippen LogP contribution is -2.24. The van der Waals surface area contributed by atoms with E-state index in [1.807, 2.05) is 27.7 Å². The molecule has 0 radical (unpaired) electrons. The predicted molar refractivity (Wildman–Crippen MR) is 93.2 cm³/mol. The Morgan fingerprint density at radius 1 is 0.650 bits per heavy atom. The maximum Gasteiger partial charge on any atom is -0.0160 e. The highest BCUT2D eigenvalue weighted by atomic mass is 14.0. The van der Waals surface area contributed by atoms with Gasteiger partial charge in [-0.25, -0.2) is 0 Å². The molecule has 0 saturated carbocycles. The number of fused-ring (bicyclic) bond motifs is 2. The minimum Gasteiger partial charge on any atom is -0.0844 e. The van der Waals surface area contributed by atoms with Gasteiger partial charge in [0, 0.05) is 0 Å². The molecule has 0 amide bonds. The zero-order valence-electron chi connectivity index (χ0n) is 13.2. The molecule has 0 fully saturated rings. The Balaban J connectivity index is 0.000000461. The van der Waals surface area contributed by atoms with Crippen LogP contribution in [0.4, 0.5) is 0 Å². The van der Waals surface area contributed by atoms with Gasteiger partial charge in [0.25, 0.3) is 0 Å². The standard InChI is InChI=1S/C16H14.2C2H6/c1-2-4-8-14-12-16-10-6-5-9-15(16)11-13(14)7-3-1;2*1-2/h1-2,5-12H,3-4H2;2*1-2H3/b2-1-,13-7-,14-8-;;. The fourth-order valence-electron chi connectivity index (χ4n) is 2.21. The molecule has 2 aromatic rings. The molecule has 0 heterocycles. The summed E-state index contributed by atoms with van der Waals surface area (Å²) in [5.74, 6) is 0. The van der Waals surface area contributed by atoms with Gasteiger partial charge in [-0.2, -0.15) is 0 Å². The van der Waals surface area contributed by atoms with Crippen LogP contribution in [0.5, 0.6) is 0 Å². The lowest BCUT2D eigenvalue weighted by molar-refractivity contribution is 1.34. The van der Waals surface area contributed by atoms with Crippen molar-refractivity contribution in [1.82, 2.24) is 0 Å². The van der Waals surface area contributed by atoms with Crippen LogP contribution in [0.25, 0.3) is 22.9 Å². The molecule has 0 saturated heterocycles. The van der Waals surface area contributed by atoms with Crippen LogP contribution in [0.1, 0.15) is 40.5 Å². The summed E-state index contributed by atoms with van der Waals surface area (Å²) in [4.78, 5) is 0. The van der Waals surface area contributed by atoms with Crippen molar-refractivity contribution in [1.29, 1.82) is 0 Å². The van der Waals surface area contributed by atoms with Crippen molar-refractivity contribution in [3.8, 4) is 0 Å². The third-order valence-corrected chi connectivity index (χ3v) is 3.07. The van der Waals surface area contributed by atoms with E-state index in [0.29, 0.717) is 0 Å². The molecule has 0 spiro atoms. The number of rotatable bonds is 0. The molecule has 2 aromatic carbocycles. The van der Waals surface area contributed by atoms with E-state index in [1.54, 1.807) is 0 Å². The highest BCUT2D eigenvalue weighted by Crippen LogP contribution is 2.08. The fourth-order valence-corrected chi connectivity index (χ4v) is 2.21. The van der Waals surface area contributed by atoms with Crippen molar-refractivity contribution >= 4 is 22.9 Å². The first kappa shape index (κ1) is 16.2. The lowest BCUT2D eigenvalue weighted by Gasteiger charge is -2.00. The molecular formula is C20H26. The van der Waals surface area contributed by atoms with Gasteiger partial charge in [-0.15, -0.1) is 0 Å². The Morgan fingerprint density at radius 3 is 1.45 bits per heavy atom. The van der Waals surface area contributed by atoms with E-state index in [2.05, 4.69) is 60.7 Å². The second-order valence-corrected chi connectivity index (χ2v) is 4.18. The molecule has 0 heteroatoms. The van der Waals surface area contributed by atoms with Gasteiger partial charge in [0.1, 0.15) is 0 Å². The topological polar surface area (TPSA) is 0 Å². The Morgan fingerprint density at radius 2 is 1.05 bits per heavy atom. The summed E-state index contributed by atoms with van der Waals surface area (Å²) in [6.07, 6.45) is 11.1. The Kier molecular flexibility index (Phi) is 7.42. The van der Waals surface area contributed by atoms with Crippen molar-refractivity contribution in [2.45, 2.75) is 40.5 Å². The summed E-state index contributed by atoms with van der Waals surface area (Å²) in [5.41, 5.74) is 0. The molecule has 106 valence electrons. The number of hydrogen-bond acceptors (Lipinski definition) is 0. The van der Waals surface area contributed by atoms with Gasteiger partial charge in [-0.1, -0.05) is 76.3 Å². The predicted octanol–water partition coefficient (Wildman–Crippen LogP) is 4.80. The highest BCUT2D eigenvalue weighted by Gasteiger charge is 1.94. The second kappa shape index (κ2) is 9.14. The second-order valence-electron chi connectivity index (χ2n) is 4.18. The first-order chi connectivity index (χ1) is 9.93. The third kappa shape index (κ3) is 4.09. The zero-order chi connectivity index (χ0) is 14.8. The average molecular weight is 266 g/mol. The Bertz CT molecular complexity index is 601. The van der Waals surface area contributed by atoms with Crippen molar-refractivity contribution < 1.29 is 0 Å². The van der Waals surface area contributed by atoms with Crippen LogP contribution in [0.2, 0.25) is 0 Å². The maximum absolute atomic E-state index is 2.30. The van der Waals surface area contributed by atoms with Gasteiger partial charge in [0.2, 0.25) is 0 Å². The molecule has 0 unspecified atom stereocenters. The Hall–Kier alpha value is -1.82. The van der Waals surface area contributed by atoms with Crippen molar-refractivity contribution in [3.63, 3.8) is 0 Å². The van der Waals surface area contributed by atoms with Gasteiger partial charge in [-0.05, 0) is 46.2 Å². The molecule has 1 aliphatic rings. The summed E-state index contributed by atoms with van der Waals surface area (Å²) in [7, 11) is 0.